The predicted molar refractivity (Wildman–Crippen MR) is 74.4 cm³/mol. The summed E-state index contributed by atoms with van der Waals surface area (Å²) in [7, 11) is 0. The second kappa shape index (κ2) is 5.59. The van der Waals surface area contributed by atoms with Crippen LogP contribution in [0.25, 0.3) is 10.6 Å². The van der Waals surface area contributed by atoms with Crippen molar-refractivity contribution in [2.24, 2.45) is 0 Å². The van der Waals surface area contributed by atoms with E-state index in [0.717, 1.165) is 29.4 Å². The molecule has 0 aliphatic carbocycles. The Bertz CT molecular complexity index is 549. The Kier molecular flexibility index (Phi) is 4.09. The topological polar surface area (TPSA) is 24.9 Å². The number of thiazole rings is 1. The van der Waals surface area contributed by atoms with Gasteiger partial charge in [-0.25, -0.2) is 9.37 Å². The molecule has 1 aromatic carbocycles. The molecule has 2 aromatic rings. The van der Waals surface area contributed by atoms with Crippen LogP contribution in [-0.4, -0.2) is 11.5 Å². The van der Waals surface area contributed by atoms with E-state index >= 15 is 0 Å². The molecule has 0 fully saturated rings. The Morgan fingerprint density at radius 2 is 2.11 bits per heavy atom. The van der Waals surface area contributed by atoms with Crippen LogP contribution in [0.4, 0.5) is 4.39 Å². The van der Waals surface area contributed by atoms with E-state index in [4.69, 9.17) is 0 Å². The highest BCUT2D eigenvalue weighted by Crippen LogP contribution is 2.28. The minimum atomic E-state index is -0.173. The molecule has 4 heteroatoms. The minimum absolute atomic E-state index is 0.173. The van der Waals surface area contributed by atoms with E-state index in [-0.39, 0.29) is 5.82 Å². The monoisotopic (exact) mass is 264 g/mol. The van der Waals surface area contributed by atoms with Crippen LogP contribution in [0.5, 0.6) is 0 Å². The van der Waals surface area contributed by atoms with Crippen LogP contribution in [0.15, 0.2) is 18.2 Å². The van der Waals surface area contributed by atoms with Gasteiger partial charge >= 0.3 is 0 Å². The van der Waals surface area contributed by atoms with Crippen molar-refractivity contribution in [2.75, 3.05) is 6.54 Å². The minimum Gasteiger partial charge on any atom is -0.312 e. The molecule has 18 heavy (non-hydrogen) atoms. The summed E-state index contributed by atoms with van der Waals surface area (Å²) >= 11 is 1.63. The summed E-state index contributed by atoms with van der Waals surface area (Å²) in [4.78, 5) is 5.73. The first-order valence-electron chi connectivity index (χ1n) is 6.05. The number of halogens is 1. The van der Waals surface area contributed by atoms with Gasteiger partial charge in [0.2, 0.25) is 0 Å². The van der Waals surface area contributed by atoms with Crippen molar-refractivity contribution >= 4 is 11.3 Å². The molecule has 0 saturated heterocycles. The van der Waals surface area contributed by atoms with Gasteiger partial charge in [0, 0.05) is 17.0 Å². The zero-order valence-electron chi connectivity index (χ0n) is 10.9. The standard InChI is InChI=1S/C14H17FN2S/c1-4-16-8-13-10(3)17-14(18-13)11-6-5-9(2)12(15)7-11/h5-7,16H,4,8H2,1-3H3. The highest BCUT2D eigenvalue weighted by Gasteiger charge is 2.10. The molecular weight excluding hydrogens is 247 g/mol. The lowest BCUT2D eigenvalue weighted by atomic mass is 10.1. The zero-order chi connectivity index (χ0) is 13.1. The molecule has 0 amide bonds. The van der Waals surface area contributed by atoms with Crippen molar-refractivity contribution in [3.8, 4) is 10.6 Å². The molecule has 0 atom stereocenters. The zero-order valence-corrected chi connectivity index (χ0v) is 11.7. The van der Waals surface area contributed by atoms with Gasteiger partial charge in [-0.15, -0.1) is 11.3 Å². The summed E-state index contributed by atoms with van der Waals surface area (Å²) in [5, 5.41) is 4.18. The third-order valence-electron chi connectivity index (χ3n) is 2.85. The molecule has 0 saturated carbocycles. The van der Waals surface area contributed by atoms with Gasteiger partial charge in [-0.2, -0.15) is 0 Å². The van der Waals surface area contributed by atoms with Gasteiger partial charge in [0.1, 0.15) is 10.8 Å². The normalized spacial score (nSPS) is 10.9. The van der Waals surface area contributed by atoms with Crippen LogP contribution in [-0.2, 0) is 6.54 Å². The maximum atomic E-state index is 13.5. The number of aryl methyl sites for hydroxylation is 2. The van der Waals surface area contributed by atoms with Crippen LogP contribution in [0.1, 0.15) is 23.1 Å². The number of aromatic nitrogens is 1. The lowest BCUT2D eigenvalue weighted by molar-refractivity contribution is 0.619. The summed E-state index contributed by atoms with van der Waals surface area (Å²) in [6.07, 6.45) is 0. The van der Waals surface area contributed by atoms with Crippen LogP contribution >= 0.6 is 11.3 Å². The molecule has 1 aromatic heterocycles. The lowest BCUT2D eigenvalue weighted by Crippen LogP contribution is -2.11. The number of hydrogen-bond acceptors (Lipinski definition) is 3. The first-order chi connectivity index (χ1) is 8.61. The third-order valence-corrected chi connectivity index (χ3v) is 4.05. The Morgan fingerprint density at radius 1 is 1.33 bits per heavy atom. The average Bonchev–Trinajstić information content (AvgIpc) is 2.72. The number of hydrogen-bond donors (Lipinski definition) is 1. The van der Waals surface area contributed by atoms with Crippen molar-refractivity contribution in [3.63, 3.8) is 0 Å². The molecule has 1 N–H and O–H groups in total. The maximum absolute atomic E-state index is 13.5. The summed E-state index contributed by atoms with van der Waals surface area (Å²) in [6, 6.07) is 5.28. The van der Waals surface area contributed by atoms with Gasteiger partial charge in [-0.1, -0.05) is 19.1 Å². The van der Waals surface area contributed by atoms with Gasteiger partial charge in [-0.05, 0) is 32.0 Å². The van der Waals surface area contributed by atoms with Crippen molar-refractivity contribution in [3.05, 3.63) is 40.2 Å². The van der Waals surface area contributed by atoms with Gasteiger partial charge in [-0.3, -0.25) is 0 Å². The van der Waals surface area contributed by atoms with Crippen molar-refractivity contribution in [1.29, 1.82) is 0 Å². The molecule has 2 rings (SSSR count). The van der Waals surface area contributed by atoms with Crippen LogP contribution in [0.3, 0.4) is 0 Å². The van der Waals surface area contributed by atoms with Crippen LogP contribution < -0.4 is 5.32 Å². The predicted octanol–water partition coefficient (Wildman–Crippen LogP) is 3.68. The summed E-state index contributed by atoms with van der Waals surface area (Å²) in [5.74, 6) is -0.173. The first kappa shape index (κ1) is 13.2. The number of rotatable bonds is 4. The Labute approximate surface area is 111 Å². The third kappa shape index (κ3) is 2.76. The van der Waals surface area contributed by atoms with E-state index in [1.54, 1.807) is 30.4 Å². The molecule has 96 valence electrons. The van der Waals surface area contributed by atoms with Gasteiger partial charge < -0.3 is 5.32 Å². The van der Waals surface area contributed by atoms with E-state index in [1.807, 2.05) is 13.0 Å². The molecule has 0 aliphatic heterocycles. The Morgan fingerprint density at radius 3 is 2.78 bits per heavy atom. The molecule has 0 spiro atoms. The van der Waals surface area contributed by atoms with Crippen molar-refractivity contribution in [1.82, 2.24) is 10.3 Å². The van der Waals surface area contributed by atoms with Gasteiger partial charge in [0.25, 0.3) is 0 Å². The van der Waals surface area contributed by atoms with E-state index in [1.165, 1.54) is 4.88 Å². The average molecular weight is 264 g/mol. The fourth-order valence-corrected chi connectivity index (χ4v) is 2.71. The van der Waals surface area contributed by atoms with E-state index in [2.05, 4.69) is 17.2 Å². The highest BCUT2D eigenvalue weighted by molar-refractivity contribution is 7.15. The molecule has 0 aliphatic rings. The maximum Gasteiger partial charge on any atom is 0.126 e. The number of nitrogens with one attached hydrogen (secondary N) is 1. The summed E-state index contributed by atoms with van der Waals surface area (Å²) < 4.78 is 13.5. The Hall–Kier alpha value is -1.26. The van der Waals surface area contributed by atoms with Gasteiger partial charge in [0.15, 0.2) is 0 Å². The van der Waals surface area contributed by atoms with Gasteiger partial charge in [0.05, 0.1) is 5.69 Å². The fraction of sp³-hybridized carbons (Fsp3) is 0.357. The molecular formula is C14H17FN2S. The summed E-state index contributed by atoms with van der Waals surface area (Å²) in [6.45, 7) is 7.60. The largest absolute Gasteiger partial charge is 0.312 e. The van der Waals surface area contributed by atoms with E-state index in [9.17, 15) is 4.39 Å². The van der Waals surface area contributed by atoms with Crippen molar-refractivity contribution in [2.45, 2.75) is 27.3 Å². The summed E-state index contributed by atoms with van der Waals surface area (Å²) in [5.41, 5.74) is 2.55. The Balaban J connectivity index is 2.30. The van der Waals surface area contributed by atoms with Crippen LogP contribution in [0, 0.1) is 19.7 Å². The molecule has 1 heterocycles. The lowest BCUT2D eigenvalue weighted by Gasteiger charge is -1.99. The SMILES string of the molecule is CCNCc1sc(-c2ccc(C)c(F)c2)nc1C. The number of benzene rings is 1. The van der Waals surface area contributed by atoms with Crippen molar-refractivity contribution < 1.29 is 4.39 Å². The second-order valence-electron chi connectivity index (χ2n) is 4.27. The molecule has 2 nitrogen and oxygen atoms in total. The quantitative estimate of drug-likeness (QED) is 0.911. The molecule has 0 unspecified atom stereocenters. The van der Waals surface area contributed by atoms with Crippen LogP contribution in [0.2, 0.25) is 0 Å². The highest BCUT2D eigenvalue weighted by atomic mass is 32.1. The number of nitrogens with zero attached hydrogens (tertiary/aromatic N) is 1. The fourth-order valence-electron chi connectivity index (χ4n) is 1.68. The molecule has 0 radical (unpaired) electrons. The second-order valence-corrected chi connectivity index (χ2v) is 5.36. The molecule has 0 bridgehead atoms. The van der Waals surface area contributed by atoms with E-state index < -0.39 is 0 Å². The van der Waals surface area contributed by atoms with E-state index in [0.29, 0.717) is 5.56 Å². The smallest absolute Gasteiger partial charge is 0.126 e. The first-order valence-corrected chi connectivity index (χ1v) is 6.87.